The molecular weight excluding hydrogens is 269 g/mol. The molecule has 3 rings (SSSR count). The van der Waals surface area contributed by atoms with Crippen molar-refractivity contribution in [1.29, 1.82) is 0 Å². The van der Waals surface area contributed by atoms with Gasteiger partial charge in [0.05, 0.1) is 13.0 Å². The molecule has 0 spiro atoms. The van der Waals surface area contributed by atoms with Gasteiger partial charge in [-0.25, -0.2) is 14.3 Å². The Labute approximate surface area is 111 Å². The predicted octanol–water partition coefficient (Wildman–Crippen LogP) is -0.207. The Morgan fingerprint density at radius 1 is 1.45 bits per heavy atom. The maximum atomic E-state index is 14.0. The number of benzene rings is 1. The number of aromatic amines is 1. The van der Waals surface area contributed by atoms with Gasteiger partial charge in [0.15, 0.2) is 11.6 Å². The van der Waals surface area contributed by atoms with Crippen molar-refractivity contribution in [2.75, 3.05) is 6.54 Å². The number of H-pyrrole nitrogens is 1. The summed E-state index contributed by atoms with van der Waals surface area (Å²) in [5.74, 6) is -0.588. The first-order chi connectivity index (χ1) is 9.58. The van der Waals surface area contributed by atoms with E-state index in [-0.39, 0.29) is 23.8 Å². The van der Waals surface area contributed by atoms with E-state index in [1.54, 1.807) is 6.92 Å². The molecule has 1 N–H and O–H groups in total. The molecule has 20 heavy (non-hydrogen) atoms. The normalized spacial score (nSPS) is 14.1. The molecule has 0 atom stereocenters. The molecule has 1 aromatic heterocycles. The third-order valence-corrected chi connectivity index (χ3v) is 2.90. The fraction of sp³-hybridized carbons (Fsp3) is 0.273. The number of amides is 1. The number of nitrogens with zero attached hydrogens (tertiary/aromatic N) is 4. The summed E-state index contributed by atoms with van der Waals surface area (Å²) >= 11 is 0. The highest BCUT2D eigenvalue weighted by molar-refractivity contribution is 5.80. The summed E-state index contributed by atoms with van der Waals surface area (Å²) in [7, 11) is 0. The number of halogens is 1. The maximum Gasteiger partial charge on any atom is 0.381 e. The molecule has 0 unspecified atom stereocenters. The number of aromatic nitrogens is 4. The van der Waals surface area contributed by atoms with E-state index in [1.165, 1.54) is 11.1 Å². The van der Waals surface area contributed by atoms with Crippen LogP contribution in [0.1, 0.15) is 12.5 Å². The highest BCUT2D eigenvalue weighted by atomic mass is 19.1. The van der Waals surface area contributed by atoms with Crippen LogP contribution in [0.5, 0.6) is 5.75 Å². The second kappa shape index (κ2) is 4.44. The Bertz CT molecular complexity index is 738. The van der Waals surface area contributed by atoms with Gasteiger partial charge in [-0.05, 0) is 18.2 Å². The van der Waals surface area contributed by atoms with Gasteiger partial charge in [-0.2, -0.15) is 5.06 Å². The minimum absolute atomic E-state index is 0.000279. The van der Waals surface area contributed by atoms with Crippen LogP contribution in [0, 0.1) is 5.82 Å². The van der Waals surface area contributed by atoms with Gasteiger partial charge in [-0.1, -0.05) is 5.10 Å². The zero-order valence-corrected chi connectivity index (χ0v) is 10.5. The molecule has 0 radical (unpaired) electrons. The Kier molecular flexibility index (Phi) is 2.74. The number of hydrogen-bond donors (Lipinski definition) is 1. The molecule has 104 valence electrons. The van der Waals surface area contributed by atoms with Crippen molar-refractivity contribution in [2.45, 2.75) is 13.3 Å². The molecule has 2 heterocycles. The molecule has 2 aromatic rings. The standard InChI is InChI=1S/C11H10FN5O3/c1-2-16-10(18)4-6-3-8(7(12)5-9(6)20-16)17-14-11(19)13-15-17/h3,5H,2,4H2,1H3,(H,14,19). The van der Waals surface area contributed by atoms with Crippen LogP contribution >= 0.6 is 0 Å². The minimum Gasteiger partial charge on any atom is -0.376 e. The average molecular weight is 279 g/mol. The lowest BCUT2D eigenvalue weighted by atomic mass is 10.1. The van der Waals surface area contributed by atoms with Crippen LogP contribution in [0.3, 0.4) is 0 Å². The minimum atomic E-state index is -0.688. The summed E-state index contributed by atoms with van der Waals surface area (Å²) < 4.78 is 14.0. The van der Waals surface area contributed by atoms with Crippen molar-refractivity contribution in [2.24, 2.45) is 0 Å². The van der Waals surface area contributed by atoms with E-state index in [0.717, 1.165) is 10.9 Å². The summed E-state index contributed by atoms with van der Waals surface area (Å²) in [5, 5.41) is 10.1. The Morgan fingerprint density at radius 3 is 2.90 bits per heavy atom. The Morgan fingerprint density at radius 2 is 2.25 bits per heavy atom. The van der Waals surface area contributed by atoms with E-state index >= 15 is 0 Å². The van der Waals surface area contributed by atoms with Crippen LogP contribution in [0.25, 0.3) is 5.69 Å². The fourth-order valence-corrected chi connectivity index (χ4v) is 1.96. The van der Waals surface area contributed by atoms with Gasteiger partial charge in [-0.3, -0.25) is 4.79 Å². The van der Waals surface area contributed by atoms with E-state index in [4.69, 9.17) is 4.84 Å². The Hall–Kier alpha value is -2.71. The van der Waals surface area contributed by atoms with Crippen LogP contribution in [-0.2, 0) is 11.2 Å². The first kappa shape index (κ1) is 12.3. The molecule has 9 heteroatoms. The summed E-state index contributed by atoms with van der Waals surface area (Å²) in [6.07, 6.45) is 0.0926. The molecule has 0 bridgehead atoms. The number of rotatable bonds is 2. The number of fused-ring (bicyclic) bond motifs is 1. The number of carbonyl (C=O) groups is 1. The van der Waals surface area contributed by atoms with Crippen LogP contribution in [0.15, 0.2) is 16.9 Å². The third-order valence-electron chi connectivity index (χ3n) is 2.90. The van der Waals surface area contributed by atoms with E-state index in [9.17, 15) is 14.0 Å². The summed E-state index contributed by atoms with van der Waals surface area (Å²) in [4.78, 5) is 28.9. The summed E-state index contributed by atoms with van der Waals surface area (Å²) in [6.45, 7) is 2.13. The maximum absolute atomic E-state index is 14.0. The molecule has 1 amide bonds. The van der Waals surface area contributed by atoms with Crippen molar-refractivity contribution in [3.05, 3.63) is 34.0 Å². The van der Waals surface area contributed by atoms with Crippen LogP contribution in [-0.4, -0.2) is 37.7 Å². The van der Waals surface area contributed by atoms with Crippen molar-refractivity contribution in [1.82, 2.24) is 25.3 Å². The number of hydrogen-bond acceptors (Lipinski definition) is 5. The summed E-state index contributed by atoms with van der Waals surface area (Å²) in [5.41, 5.74) is -0.168. The van der Waals surface area contributed by atoms with Crippen molar-refractivity contribution < 1.29 is 14.0 Å². The smallest absolute Gasteiger partial charge is 0.376 e. The van der Waals surface area contributed by atoms with Gasteiger partial charge in [-0.15, -0.1) is 4.80 Å². The van der Waals surface area contributed by atoms with Gasteiger partial charge < -0.3 is 4.84 Å². The molecular formula is C11H10FN5O3. The SMILES string of the molecule is CCN1Oc2cc(F)c(-n3nnc(=O)[nH]3)cc2CC1=O. The van der Waals surface area contributed by atoms with Gasteiger partial charge in [0.25, 0.3) is 5.91 Å². The second-order valence-corrected chi connectivity index (χ2v) is 4.19. The highest BCUT2D eigenvalue weighted by Gasteiger charge is 2.26. The number of hydroxylamine groups is 2. The lowest BCUT2D eigenvalue weighted by Gasteiger charge is -2.27. The highest BCUT2D eigenvalue weighted by Crippen LogP contribution is 2.29. The van der Waals surface area contributed by atoms with Crippen molar-refractivity contribution in [3.63, 3.8) is 0 Å². The number of likely N-dealkylation sites (N-methyl/N-ethyl adjacent to an activating group) is 1. The molecule has 8 nitrogen and oxygen atoms in total. The lowest BCUT2D eigenvalue weighted by molar-refractivity contribution is -0.159. The molecule has 0 saturated heterocycles. The first-order valence-electron chi connectivity index (χ1n) is 5.91. The number of carbonyl (C=O) groups excluding carboxylic acids is 1. The molecule has 0 aliphatic carbocycles. The molecule has 1 aliphatic heterocycles. The van der Waals surface area contributed by atoms with Gasteiger partial charge in [0, 0.05) is 11.6 Å². The van der Waals surface area contributed by atoms with Gasteiger partial charge >= 0.3 is 5.69 Å². The third kappa shape index (κ3) is 1.92. The molecule has 1 aliphatic rings. The zero-order valence-electron chi connectivity index (χ0n) is 10.5. The van der Waals surface area contributed by atoms with Crippen molar-refractivity contribution in [3.8, 4) is 11.4 Å². The monoisotopic (exact) mass is 279 g/mol. The van der Waals surface area contributed by atoms with E-state index in [0.29, 0.717) is 12.1 Å². The average Bonchev–Trinajstić information content (AvgIpc) is 2.84. The van der Waals surface area contributed by atoms with Gasteiger partial charge in [0.2, 0.25) is 0 Å². The number of nitrogens with one attached hydrogen (secondary N) is 1. The predicted molar refractivity (Wildman–Crippen MR) is 63.7 cm³/mol. The van der Waals surface area contributed by atoms with Crippen LogP contribution in [0.4, 0.5) is 4.39 Å². The number of tetrazole rings is 1. The van der Waals surface area contributed by atoms with E-state index < -0.39 is 11.5 Å². The quantitative estimate of drug-likeness (QED) is 0.821. The van der Waals surface area contributed by atoms with Gasteiger partial charge in [0.1, 0.15) is 5.69 Å². The van der Waals surface area contributed by atoms with Crippen LogP contribution < -0.4 is 10.5 Å². The topological polar surface area (TPSA) is 93.1 Å². The van der Waals surface area contributed by atoms with Crippen molar-refractivity contribution >= 4 is 5.91 Å². The Balaban J connectivity index is 2.07. The lowest BCUT2D eigenvalue weighted by Crippen LogP contribution is -2.38. The summed E-state index contributed by atoms with van der Waals surface area (Å²) in [6, 6.07) is 2.56. The molecule has 0 fully saturated rings. The zero-order chi connectivity index (χ0) is 14.3. The van der Waals surface area contributed by atoms with Crippen LogP contribution in [0.2, 0.25) is 0 Å². The molecule has 1 aromatic carbocycles. The first-order valence-corrected chi connectivity index (χ1v) is 5.91. The van der Waals surface area contributed by atoms with E-state index in [2.05, 4.69) is 15.4 Å². The van der Waals surface area contributed by atoms with E-state index in [1.807, 2.05) is 0 Å². The molecule has 0 saturated carbocycles. The second-order valence-electron chi connectivity index (χ2n) is 4.19. The fourth-order valence-electron chi connectivity index (χ4n) is 1.96. The largest absolute Gasteiger partial charge is 0.381 e.